The van der Waals surface area contributed by atoms with Gasteiger partial charge in [0.15, 0.2) is 0 Å². The number of nitrogens with zero attached hydrogens (tertiary/aromatic N) is 4. The maximum absolute atomic E-state index is 12.1. The summed E-state index contributed by atoms with van der Waals surface area (Å²) < 4.78 is 12.8. The summed E-state index contributed by atoms with van der Waals surface area (Å²) in [7, 11) is 1.47. The van der Waals surface area contributed by atoms with E-state index in [4.69, 9.17) is 9.47 Å². The number of methoxy groups -OCH3 is 1. The van der Waals surface area contributed by atoms with Crippen molar-refractivity contribution < 1.29 is 14.3 Å². The minimum atomic E-state index is -0.204. The predicted octanol–water partition coefficient (Wildman–Crippen LogP) is 1.83. The quantitative estimate of drug-likeness (QED) is 0.816. The first-order chi connectivity index (χ1) is 12.2. The number of hydrogen-bond donors (Lipinski definition) is 0. The molecule has 3 aliphatic rings. The zero-order valence-corrected chi connectivity index (χ0v) is 15.1. The highest BCUT2D eigenvalue weighted by Crippen LogP contribution is 2.33. The van der Waals surface area contributed by atoms with Crippen molar-refractivity contribution in [1.82, 2.24) is 19.6 Å². The first-order valence-electron chi connectivity index (χ1n) is 9.34. The number of ether oxygens (including phenoxy) is 2. The molecule has 1 aromatic rings. The Morgan fingerprint density at radius 1 is 1.16 bits per heavy atom. The summed E-state index contributed by atoms with van der Waals surface area (Å²) in [6.45, 7) is 5.56. The maximum atomic E-state index is 12.1. The fraction of sp³-hybridized carbons (Fsp3) is 0.778. The summed E-state index contributed by atoms with van der Waals surface area (Å²) in [5, 5.41) is 4.49. The lowest BCUT2D eigenvalue weighted by Gasteiger charge is -2.50. The number of likely N-dealkylation sites (tertiary alicyclic amines) is 1. The molecular weight excluding hydrogens is 320 g/mol. The summed E-state index contributed by atoms with van der Waals surface area (Å²) in [6, 6.07) is 1.36. The van der Waals surface area contributed by atoms with Gasteiger partial charge in [0, 0.05) is 25.3 Å². The molecule has 1 aromatic heterocycles. The standard InChI is InChI=1S/C18H28N4O3/c1-13-9-19-21(10-13)14-3-5-20(6-4-14)15-7-16-11-25-12-17(8-15)22(16)18(23)24-2/h9-10,14-17H,3-8,11-12H2,1-2H3. The van der Waals surface area contributed by atoms with Crippen LogP contribution in [0, 0.1) is 6.92 Å². The van der Waals surface area contributed by atoms with Crippen LogP contribution >= 0.6 is 0 Å². The molecule has 0 spiro atoms. The molecule has 3 saturated heterocycles. The number of hydrogen-bond acceptors (Lipinski definition) is 5. The van der Waals surface area contributed by atoms with Crippen molar-refractivity contribution in [2.75, 3.05) is 33.4 Å². The summed E-state index contributed by atoms with van der Waals surface area (Å²) in [4.78, 5) is 16.6. The molecule has 25 heavy (non-hydrogen) atoms. The van der Waals surface area contributed by atoms with Crippen LogP contribution in [0.4, 0.5) is 4.79 Å². The highest BCUT2D eigenvalue weighted by molar-refractivity contribution is 5.68. The molecule has 0 N–H and O–H groups in total. The second-order valence-electron chi connectivity index (χ2n) is 7.61. The average Bonchev–Trinajstić information content (AvgIpc) is 3.06. The number of carbonyl (C=O) groups excluding carboxylic acids is 1. The number of aromatic nitrogens is 2. The predicted molar refractivity (Wildman–Crippen MR) is 92.5 cm³/mol. The molecule has 2 unspecified atom stereocenters. The van der Waals surface area contributed by atoms with E-state index >= 15 is 0 Å². The van der Waals surface area contributed by atoms with Gasteiger partial charge in [0.1, 0.15) is 0 Å². The van der Waals surface area contributed by atoms with E-state index in [0.717, 1.165) is 38.8 Å². The number of piperidine rings is 2. The zero-order valence-electron chi connectivity index (χ0n) is 15.1. The van der Waals surface area contributed by atoms with Crippen molar-refractivity contribution in [1.29, 1.82) is 0 Å². The molecule has 0 aliphatic carbocycles. The molecule has 0 radical (unpaired) electrons. The zero-order chi connectivity index (χ0) is 17.4. The van der Waals surface area contributed by atoms with Gasteiger partial charge >= 0.3 is 6.09 Å². The molecule has 2 atom stereocenters. The Hall–Kier alpha value is -1.60. The maximum Gasteiger partial charge on any atom is 0.410 e. The Bertz CT molecular complexity index is 597. The highest BCUT2D eigenvalue weighted by Gasteiger charge is 2.44. The largest absolute Gasteiger partial charge is 0.453 e. The van der Waals surface area contributed by atoms with Gasteiger partial charge in [-0.15, -0.1) is 0 Å². The third-order valence-corrected chi connectivity index (χ3v) is 6.00. The number of morpholine rings is 1. The van der Waals surface area contributed by atoms with Crippen LogP contribution in [0.2, 0.25) is 0 Å². The van der Waals surface area contributed by atoms with Crippen LogP contribution in [0.25, 0.3) is 0 Å². The van der Waals surface area contributed by atoms with Crippen molar-refractivity contribution in [3.63, 3.8) is 0 Å². The van der Waals surface area contributed by atoms with Gasteiger partial charge in [0.2, 0.25) is 0 Å². The summed E-state index contributed by atoms with van der Waals surface area (Å²) >= 11 is 0. The van der Waals surface area contributed by atoms with E-state index in [9.17, 15) is 4.79 Å². The third-order valence-electron chi connectivity index (χ3n) is 6.00. The minimum absolute atomic E-state index is 0.149. The Kier molecular flexibility index (Phi) is 4.69. The average molecular weight is 348 g/mol. The first-order valence-corrected chi connectivity index (χ1v) is 9.34. The summed E-state index contributed by atoms with van der Waals surface area (Å²) in [5.41, 5.74) is 1.23. The number of carbonyl (C=O) groups is 1. The van der Waals surface area contributed by atoms with Gasteiger partial charge in [0.05, 0.1) is 44.6 Å². The molecule has 0 aromatic carbocycles. The molecule has 138 valence electrons. The van der Waals surface area contributed by atoms with Crippen LogP contribution < -0.4 is 0 Å². The lowest BCUT2D eigenvalue weighted by molar-refractivity contribution is -0.0858. The fourth-order valence-corrected chi connectivity index (χ4v) is 4.74. The van der Waals surface area contributed by atoms with E-state index in [1.165, 1.54) is 12.7 Å². The van der Waals surface area contributed by atoms with Gasteiger partial charge in [-0.3, -0.25) is 9.58 Å². The Balaban J connectivity index is 1.37. The second kappa shape index (κ2) is 6.96. The monoisotopic (exact) mass is 348 g/mol. The van der Waals surface area contributed by atoms with Crippen molar-refractivity contribution in [3.8, 4) is 0 Å². The van der Waals surface area contributed by atoms with Gasteiger partial charge in [-0.05, 0) is 38.2 Å². The van der Waals surface area contributed by atoms with Crippen LogP contribution in [-0.2, 0) is 9.47 Å². The molecule has 1 amide bonds. The third kappa shape index (κ3) is 3.27. The fourth-order valence-electron chi connectivity index (χ4n) is 4.74. The van der Waals surface area contributed by atoms with Gasteiger partial charge in [-0.25, -0.2) is 4.79 Å². The van der Waals surface area contributed by atoms with E-state index in [1.54, 1.807) is 0 Å². The Morgan fingerprint density at radius 2 is 1.84 bits per heavy atom. The van der Waals surface area contributed by atoms with E-state index in [-0.39, 0.29) is 18.2 Å². The van der Waals surface area contributed by atoms with Crippen LogP contribution in [0.15, 0.2) is 12.4 Å². The van der Waals surface area contributed by atoms with Crippen LogP contribution in [0.1, 0.15) is 37.3 Å². The van der Waals surface area contributed by atoms with Crippen molar-refractivity contribution in [2.45, 2.75) is 56.8 Å². The van der Waals surface area contributed by atoms with E-state index in [2.05, 4.69) is 27.8 Å². The molecule has 7 heteroatoms. The van der Waals surface area contributed by atoms with Crippen LogP contribution in [0.3, 0.4) is 0 Å². The van der Waals surface area contributed by atoms with Crippen LogP contribution in [0.5, 0.6) is 0 Å². The Morgan fingerprint density at radius 3 is 2.40 bits per heavy atom. The SMILES string of the molecule is COC(=O)N1C2COCC1CC(N1CCC(n3cc(C)cn3)CC1)C2. The molecule has 7 nitrogen and oxygen atoms in total. The van der Waals surface area contributed by atoms with Crippen LogP contribution in [-0.4, -0.2) is 77.2 Å². The number of amides is 1. The summed E-state index contributed by atoms with van der Waals surface area (Å²) in [5.74, 6) is 0. The molecule has 2 bridgehead atoms. The Labute approximate surface area is 148 Å². The highest BCUT2D eigenvalue weighted by atomic mass is 16.5. The van der Waals surface area contributed by atoms with E-state index in [0.29, 0.717) is 25.3 Å². The molecule has 0 saturated carbocycles. The second-order valence-corrected chi connectivity index (χ2v) is 7.61. The molecule has 3 aliphatic heterocycles. The smallest absolute Gasteiger partial charge is 0.410 e. The number of rotatable bonds is 2. The topological polar surface area (TPSA) is 59.8 Å². The minimum Gasteiger partial charge on any atom is -0.453 e. The van der Waals surface area contributed by atoms with Gasteiger partial charge in [-0.1, -0.05) is 0 Å². The van der Waals surface area contributed by atoms with E-state index < -0.39 is 0 Å². The normalized spacial score (nSPS) is 31.1. The molecular formula is C18H28N4O3. The molecule has 4 heterocycles. The van der Waals surface area contributed by atoms with Crippen molar-refractivity contribution >= 4 is 6.09 Å². The van der Waals surface area contributed by atoms with Gasteiger partial charge < -0.3 is 14.4 Å². The molecule has 3 fully saturated rings. The number of aryl methyl sites for hydroxylation is 1. The van der Waals surface area contributed by atoms with Gasteiger partial charge in [-0.2, -0.15) is 5.10 Å². The lowest BCUT2D eigenvalue weighted by atomic mass is 9.88. The summed E-state index contributed by atoms with van der Waals surface area (Å²) in [6.07, 6.45) is 8.14. The molecule has 4 rings (SSSR count). The van der Waals surface area contributed by atoms with Crippen molar-refractivity contribution in [2.24, 2.45) is 0 Å². The van der Waals surface area contributed by atoms with Crippen molar-refractivity contribution in [3.05, 3.63) is 18.0 Å². The lowest BCUT2D eigenvalue weighted by Crippen LogP contribution is -2.62. The first kappa shape index (κ1) is 16.8. The number of fused-ring (bicyclic) bond motifs is 2. The van der Waals surface area contributed by atoms with Gasteiger partial charge in [0.25, 0.3) is 0 Å². The van der Waals surface area contributed by atoms with E-state index in [1.807, 2.05) is 11.1 Å².